The fraction of sp³-hybridized carbons (Fsp3) is 1.00. The molecule has 0 amide bonds. The molecule has 1 heterocycles. The van der Waals surface area contributed by atoms with Gasteiger partial charge in [-0.3, -0.25) is 4.90 Å². The summed E-state index contributed by atoms with van der Waals surface area (Å²) in [7, 11) is 0. The van der Waals surface area contributed by atoms with Crippen LogP contribution in [0.2, 0.25) is 0 Å². The van der Waals surface area contributed by atoms with Gasteiger partial charge in [0.1, 0.15) is 0 Å². The van der Waals surface area contributed by atoms with E-state index in [4.69, 9.17) is 0 Å². The van der Waals surface area contributed by atoms with Crippen molar-refractivity contribution in [2.24, 2.45) is 5.92 Å². The lowest BCUT2D eigenvalue weighted by molar-refractivity contribution is 0.171. The average Bonchev–Trinajstić information content (AvgIpc) is 2.43. The molecule has 3 unspecified atom stereocenters. The Kier molecular flexibility index (Phi) is 5.03. The van der Waals surface area contributed by atoms with E-state index in [1.54, 1.807) is 0 Å². The minimum absolute atomic E-state index is 0.220. The minimum Gasteiger partial charge on any atom is -0.395 e. The summed E-state index contributed by atoms with van der Waals surface area (Å²) in [6, 6.07) is 1.33. The van der Waals surface area contributed by atoms with Crippen LogP contribution >= 0.6 is 0 Å². The summed E-state index contributed by atoms with van der Waals surface area (Å²) >= 11 is 0. The van der Waals surface area contributed by atoms with Gasteiger partial charge in [-0.05, 0) is 19.3 Å². The van der Waals surface area contributed by atoms with Gasteiger partial charge < -0.3 is 10.4 Å². The Labute approximate surface area is 93.9 Å². The molecular formula is C12H26N2O. The van der Waals surface area contributed by atoms with Crippen LogP contribution in [0.5, 0.6) is 0 Å². The number of likely N-dealkylation sites (tertiary alicyclic amines) is 1. The van der Waals surface area contributed by atoms with E-state index in [0.29, 0.717) is 12.1 Å². The standard InChI is InChI=1S/C12H26N2O/c1-9(2)13-12(8-15)7-14-6-10(3)5-11(14)4/h9-13,15H,5-8H2,1-4H3. The van der Waals surface area contributed by atoms with Crippen LogP contribution in [0.4, 0.5) is 0 Å². The number of nitrogens with zero attached hydrogens (tertiary/aromatic N) is 1. The molecule has 1 aliphatic heterocycles. The maximum absolute atomic E-state index is 9.30. The smallest absolute Gasteiger partial charge is 0.0597 e. The molecule has 90 valence electrons. The quantitative estimate of drug-likeness (QED) is 0.719. The molecule has 0 saturated carbocycles. The second-order valence-corrected chi connectivity index (χ2v) is 5.34. The molecule has 0 aliphatic carbocycles. The van der Waals surface area contributed by atoms with Crippen molar-refractivity contribution in [2.75, 3.05) is 19.7 Å². The molecule has 1 rings (SSSR count). The van der Waals surface area contributed by atoms with Crippen LogP contribution < -0.4 is 5.32 Å². The number of hydrogen-bond donors (Lipinski definition) is 2. The van der Waals surface area contributed by atoms with E-state index in [1.165, 1.54) is 13.0 Å². The topological polar surface area (TPSA) is 35.5 Å². The molecule has 15 heavy (non-hydrogen) atoms. The molecule has 1 fully saturated rings. The fourth-order valence-corrected chi connectivity index (χ4v) is 2.56. The molecule has 0 spiro atoms. The van der Waals surface area contributed by atoms with Crippen LogP contribution in [0, 0.1) is 5.92 Å². The molecule has 1 saturated heterocycles. The molecule has 3 atom stereocenters. The highest BCUT2D eigenvalue weighted by Crippen LogP contribution is 2.22. The first-order valence-electron chi connectivity index (χ1n) is 6.13. The fourth-order valence-electron chi connectivity index (χ4n) is 2.56. The Hall–Kier alpha value is -0.120. The molecule has 0 aromatic heterocycles. The zero-order valence-electron chi connectivity index (χ0n) is 10.5. The summed E-state index contributed by atoms with van der Waals surface area (Å²) in [4.78, 5) is 2.49. The zero-order valence-corrected chi connectivity index (χ0v) is 10.5. The third-order valence-corrected chi connectivity index (χ3v) is 3.16. The monoisotopic (exact) mass is 214 g/mol. The van der Waals surface area contributed by atoms with Crippen molar-refractivity contribution in [2.45, 2.75) is 52.2 Å². The Balaban J connectivity index is 2.37. The molecule has 0 radical (unpaired) electrons. The van der Waals surface area contributed by atoms with E-state index in [0.717, 1.165) is 12.5 Å². The first kappa shape index (κ1) is 12.9. The molecule has 2 N–H and O–H groups in total. The second-order valence-electron chi connectivity index (χ2n) is 5.34. The van der Waals surface area contributed by atoms with Gasteiger partial charge in [-0.25, -0.2) is 0 Å². The van der Waals surface area contributed by atoms with Crippen LogP contribution in [0.1, 0.15) is 34.1 Å². The third kappa shape index (κ3) is 4.09. The van der Waals surface area contributed by atoms with Gasteiger partial charge in [0.15, 0.2) is 0 Å². The lowest BCUT2D eigenvalue weighted by Gasteiger charge is -2.27. The highest BCUT2D eigenvalue weighted by molar-refractivity contribution is 4.83. The highest BCUT2D eigenvalue weighted by Gasteiger charge is 2.27. The van der Waals surface area contributed by atoms with E-state index in [-0.39, 0.29) is 12.6 Å². The van der Waals surface area contributed by atoms with Crippen LogP contribution in [0.3, 0.4) is 0 Å². The van der Waals surface area contributed by atoms with Gasteiger partial charge in [0.2, 0.25) is 0 Å². The van der Waals surface area contributed by atoms with Crippen molar-refractivity contribution < 1.29 is 5.11 Å². The van der Waals surface area contributed by atoms with Crippen molar-refractivity contribution >= 4 is 0 Å². The molecule has 3 nitrogen and oxygen atoms in total. The highest BCUT2D eigenvalue weighted by atomic mass is 16.3. The Morgan fingerprint density at radius 1 is 1.40 bits per heavy atom. The van der Waals surface area contributed by atoms with Crippen molar-refractivity contribution in [3.63, 3.8) is 0 Å². The van der Waals surface area contributed by atoms with Gasteiger partial charge in [-0.1, -0.05) is 20.8 Å². The molecule has 3 heteroatoms. The normalized spacial score (nSPS) is 30.0. The van der Waals surface area contributed by atoms with Crippen LogP contribution in [-0.2, 0) is 0 Å². The predicted molar refractivity (Wildman–Crippen MR) is 64.0 cm³/mol. The lowest BCUT2D eigenvalue weighted by Crippen LogP contribution is -2.47. The minimum atomic E-state index is 0.220. The Morgan fingerprint density at radius 2 is 2.07 bits per heavy atom. The number of rotatable bonds is 5. The predicted octanol–water partition coefficient (Wildman–Crippen LogP) is 1.08. The van der Waals surface area contributed by atoms with E-state index in [2.05, 4.69) is 37.9 Å². The maximum atomic E-state index is 9.30. The summed E-state index contributed by atoms with van der Waals surface area (Å²) in [5.41, 5.74) is 0. The molecular weight excluding hydrogens is 188 g/mol. The van der Waals surface area contributed by atoms with Crippen molar-refractivity contribution in [3.05, 3.63) is 0 Å². The molecule has 0 aromatic carbocycles. The van der Waals surface area contributed by atoms with Gasteiger partial charge in [0, 0.05) is 31.2 Å². The first-order valence-corrected chi connectivity index (χ1v) is 6.13. The molecule has 0 bridgehead atoms. The van der Waals surface area contributed by atoms with E-state index in [1.807, 2.05) is 0 Å². The van der Waals surface area contributed by atoms with Crippen LogP contribution in [0.15, 0.2) is 0 Å². The van der Waals surface area contributed by atoms with E-state index in [9.17, 15) is 5.11 Å². The largest absolute Gasteiger partial charge is 0.395 e. The SMILES string of the molecule is CC1CC(C)N(CC(CO)NC(C)C)C1. The third-order valence-electron chi connectivity index (χ3n) is 3.16. The summed E-state index contributed by atoms with van der Waals surface area (Å²) in [6.07, 6.45) is 1.29. The summed E-state index contributed by atoms with van der Waals surface area (Å²) < 4.78 is 0. The van der Waals surface area contributed by atoms with Crippen molar-refractivity contribution in [1.82, 2.24) is 10.2 Å². The number of aliphatic hydroxyl groups excluding tert-OH is 1. The average molecular weight is 214 g/mol. The van der Waals surface area contributed by atoms with Gasteiger partial charge >= 0.3 is 0 Å². The van der Waals surface area contributed by atoms with Gasteiger partial charge in [-0.2, -0.15) is 0 Å². The van der Waals surface area contributed by atoms with Crippen LogP contribution in [0.25, 0.3) is 0 Å². The van der Waals surface area contributed by atoms with Gasteiger partial charge in [-0.15, -0.1) is 0 Å². The number of hydrogen-bond acceptors (Lipinski definition) is 3. The first-order chi connectivity index (χ1) is 7.02. The van der Waals surface area contributed by atoms with Crippen LogP contribution in [-0.4, -0.2) is 47.8 Å². The maximum Gasteiger partial charge on any atom is 0.0597 e. The molecule has 1 aliphatic rings. The van der Waals surface area contributed by atoms with Crippen molar-refractivity contribution in [1.29, 1.82) is 0 Å². The van der Waals surface area contributed by atoms with Crippen molar-refractivity contribution in [3.8, 4) is 0 Å². The second kappa shape index (κ2) is 5.83. The zero-order chi connectivity index (χ0) is 11.4. The Bertz CT molecular complexity index is 184. The lowest BCUT2D eigenvalue weighted by atomic mass is 10.1. The van der Waals surface area contributed by atoms with Gasteiger partial charge in [0.05, 0.1) is 6.61 Å². The number of nitrogens with one attached hydrogen (secondary N) is 1. The van der Waals surface area contributed by atoms with E-state index < -0.39 is 0 Å². The summed E-state index contributed by atoms with van der Waals surface area (Å²) in [6.45, 7) is 11.2. The Morgan fingerprint density at radius 3 is 2.47 bits per heavy atom. The molecule has 0 aromatic rings. The van der Waals surface area contributed by atoms with Gasteiger partial charge in [0.25, 0.3) is 0 Å². The summed E-state index contributed by atoms with van der Waals surface area (Å²) in [5, 5.41) is 12.7. The summed E-state index contributed by atoms with van der Waals surface area (Å²) in [5.74, 6) is 0.804. The number of aliphatic hydroxyl groups is 1. The van der Waals surface area contributed by atoms with E-state index >= 15 is 0 Å².